The summed E-state index contributed by atoms with van der Waals surface area (Å²) in [7, 11) is 0. The SMILES string of the molecule is CC1CC(C(=O)O)C(C(O)c2ccc(Br)cc2)C1. The van der Waals surface area contributed by atoms with Gasteiger partial charge in [0, 0.05) is 10.4 Å². The first-order valence-corrected chi connectivity index (χ1v) is 6.94. The van der Waals surface area contributed by atoms with E-state index in [1.807, 2.05) is 31.2 Å². The molecular weight excluding hydrogens is 296 g/mol. The number of hydrogen-bond donors (Lipinski definition) is 2. The minimum Gasteiger partial charge on any atom is -0.481 e. The average molecular weight is 313 g/mol. The van der Waals surface area contributed by atoms with Crippen molar-refractivity contribution in [3.05, 3.63) is 34.3 Å². The van der Waals surface area contributed by atoms with Crippen LogP contribution in [0.4, 0.5) is 0 Å². The molecule has 0 aliphatic heterocycles. The van der Waals surface area contributed by atoms with Crippen LogP contribution in [0.2, 0.25) is 0 Å². The Hall–Kier alpha value is -0.870. The van der Waals surface area contributed by atoms with Gasteiger partial charge in [-0.25, -0.2) is 0 Å². The molecule has 1 saturated carbocycles. The maximum absolute atomic E-state index is 11.2. The van der Waals surface area contributed by atoms with Gasteiger partial charge in [0.2, 0.25) is 0 Å². The molecule has 2 rings (SSSR count). The third kappa shape index (κ3) is 2.75. The minimum absolute atomic E-state index is 0.182. The van der Waals surface area contributed by atoms with Gasteiger partial charge in [0.15, 0.2) is 0 Å². The highest BCUT2D eigenvalue weighted by Gasteiger charge is 2.41. The molecule has 2 N–H and O–H groups in total. The molecule has 0 bridgehead atoms. The van der Waals surface area contributed by atoms with Gasteiger partial charge in [-0.3, -0.25) is 4.79 Å². The highest BCUT2D eigenvalue weighted by Crippen LogP contribution is 2.43. The van der Waals surface area contributed by atoms with E-state index in [-0.39, 0.29) is 5.92 Å². The Morgan fingerprint density at radius 1 is 1.33 bits per heavy atom. The molecule has 0 saturated heterocycles. The average Bonchev–Trinajstić information content (AvgIpc) is 2.71. The molecule has 0 spiro atoms. The fourth-order valence-electron chi connectivity index (χ4n) is 2.87. The van der Waals surface area contributed by atoms with Crippen molar-refractivity contribution < 1.29 is 15.0 Å². The van der Waals surface area contributed by atoms with Crippen LogP contribution in [0.1, 0.15) is 31.4 Å². The van der Waals surface area contributed by atoms with Gasteiger partial charge in [-0.1, -0.05) is 35.0 Å². The lowest BCUT2D eigenvalue weighted by atomic mass is 9.87. The van der Waals surface area contributed by atoms with Crippen LogP contribution in [0, 0.1) is 17.8 Å². The van der Waals surface area contributed by atoms with Crippen molar-refractivity contribution in [3.63, 3.8) is 0 Å². The van der Waals surface area contributed by atoms with Gasteiger partial charge in [-0.15, -0.1) is 0 Å². The number of halogens is 1. The molecule has 18 heavy (non-hydrogen) atoms. The molecule has 3 nitrogen and oxygen atoms in total. The van der Waals surface area contributed by atoms with Crippen LogP contribution >= 0.6 is 15.9 Å². The van der Waals surface area contributed by atoms with Gasteiger partial charge in [-0.05, 0) is 36.5 Å². The van der Waals surface area contributed by atoms with Crippen molar-refractivity contribution in [1.29, 1.82) is 0 Å². The monoisotopic (exact) mass is 312 g/mol. The molecular formula is C14H17BrO3. The molecule has 0 radical (unpaired) electrons. The predicted octanol–water partition coefficient (Wildman–Crippen LogP) is 3.23. The molecule has 4 atom stereocenters. The second-order valence-corrected chi connectivity index (χ2v) is 6.10. The van der Waals surface area contributed by atoms with E-state index in [2.05, 4.69) is 15.9 Å². The number of carboxylic acids is 1. The first-order chi connectivity index (χ1) is 8.49. The normalized spacial score (nSPS) is 29.2. The Kier molecular flexibility index (Phi) is 4.07. The summed E-state index contributed by atoms with van der Waals surface area (Å²) < 4.78 is 0.952. The Labute approximate surface area is 115 Å². The van der Waals surface area contributed by atoms with E-state index < -0.39 is 18.0 Å². The van der Waals surface area contributed by atoms with Gasteiger partial charge in [0.1, 0.15) is 0 Å². The molecule has 0 heterocycles. The molecule has 1 aliphatic rings. The number of hydrogen-bond acceptors (Lipinski definition) is 2. The maximum atomic E-state index is 11.2. The highest BCUT2D eigenvalue weighted by molar-refractivity contribution is 9.10. The van der Waals surface area contributed by atoms with Crippen molar-refractivity contribution in [2.75, 3.05) is 0 Å². The molecule has 1 aromatic carbocycles. The van der Waals surface area contributed by atoms with Gasteiger partial charge < -0.3 is 10.2 Å². The summed E-state index contributed by atoms with van der Waals surface area (Å²) in [6.45, 7) is 2.05. The maximum Gasteiger partial charge on any atom is 0.306 e. The van der Waals surface area contributed by atoms with Crippen LogP contribution in [0.5, 0.6) is 0 Å². The first kappa shape index (κ1) is 13.6. The van der Waals surface area contributed by atoms with Gasteiger partial charge in [0.25, 0.3) is 0 Å². The Bertz CT molecular complexity index is 429. The van der Waals surface area contributed by atoms with E-state index in [4.69, 9.17) is 0 Å². The summed E-state index contributed by atoms with van der Waals surface area (Å²) >= 11 is 3.35. The van der Waals surface area contributed by atoms with Crippen molar-refractivity contribution in [2.45, 2.75) is 25.9 Å². The first-order valence-electron chi connectivity index (χ1n) is 6.15. The summed E-state index contributed by atoms with van der Waals surface area (Å²) in [5.41, 5.74) is 0.795. The fraction of sp³-hybridized carbons (Fsp3) is 0.500. The smallest absolute Gasteiger partial charge is 0.306 e. The quantitative estimate of drug-likeness (QED) is 0.901. The van der Waals surface area contributed by atoms with Crippen LogP contribution in [0.25, 0.3) is 0 Å². The molecule has 1 aromatic rings. The van der Waals surface area contributed by atoms with Crippen LogP contribution in [0.3, 0.4) is 0 Å². The van der Waals surface area contributed by atoms with Gasteiger partial charge in [0.05, 0.1) is 12.0 Å². The highest BCUT2D eigenvalue weighted by atomic mass is 79.9. The number of benzene rings is 1. The topological polar surface area (TPSA) is 57.5 Å². The van der Waals surface area contributed by atoms with Crippen molar-refractivity contribution in [1.82, 2.24) is 0 Å². The predicted molar refractivity (Wildman–Crippen MR) is 72.1 cm³/mol. The Balaban J connectivity index is 2.19. The Morgan fingerprint density at radius 2 is 1.94 bits per heavy atom. The van der Waals surface area contributed by atoms with Crippen LogP contribution in [-0.2, 0) is 4.79 Å². The summed E-state index contributed by atoms with van der Waals surface area (Å²) in [5.74, 6) is -1.04. The summed E-state index contributed by atoms with van der Waals surface area (Å²) in [4.78, 5) is 11.2. The van der Waals surface area contributed by atoms with Crippen LogP contribution < -0.4 is 0 Å². The third-order valence-electron chi connectivity index (χ3n) is 3.78. The zero-order chi connectivity index (χ0) is 13.3. The molecule has 1 fully saturated rings. The van der Waals surface area contributed by atoms with E-state index >= 15 is 0 Å². The summed E-state index contributed by atoms with van der Waals surface area (Å²) in [6.07, 6.45) is 0.742. The lowest BCUT2D eigenvalue weighted by Crippen LogP contribution is -2.23. The molecule has 4 unspecified atom stereocenters. The molecule has 4 heteroatoms. The van der Waals surface area contributed by atoms with Crippen LogP contribution in [-0.4, -0.2) is 16.2 Å². The number of carbonyl (C=O) groups is 1. The second-order valence-electron chi connectivity index (χ2n) is 5.18. The lowest BCUT2D eigenvalue weighted by Gasteiger charge is -2.22. The standard InChI is InChI=1S/C14H17BrO3/c1-8-6-11(12(7-8)14(17)18)13(16)9-2-4-10(15)5-3-9/h2-5,8,11-13,16H,6-7H2,1H3,(H,17,18). The third-order valence-corrected chi connectivity index (χ3v) is 4.31. The Morgan fingerprint density at radius 3 is 2.50 bits per heavy atom. The van der Waals surface area contributed by atoms with E-state index in [1.165, 1.54) is 0 Å². The molecule has 0 amide bonds. The second kappa shape index (κ2) is 5.41. The number of rotatable bonds is 3. The van der Waals surface area contributed by atoms with Gasteiger partial charge >= 0.3 is 5.97 Å². The van der Waals surface area contributed by atoms with Crippen molar-refractivity contribution in [3.8, 4) is 0 Å². The lowest BCUT2D eigenvalue weighted by molar-refractivity contribution is -0.144. The fourth-order valence-corrected chi connectivity index (χ4v) is 3.14. The molecule has 0 aromatic heterocycles. The number of carboxylic acid groups (broad SMARTS) is 1. The number of aliphatic hydroxyl groups is 1. The minimum atomic E-state index is -0.791. The number of aliphatic carboxylic acids is 1. The largest absolute Gasteiger partial charge is 0.481 e. The molecule has 98 valence electrons. The van der Waals surface area contributed by atoms with E-state index in [1.54, 1.807) is 0 Å². The van der Waals surface area contributed by atoms with Crippen LogP contribution in [0.15, 0.2) is 28.7 Å². The molecule has 1 aliphatic carbocycles. The summed E-state index contributed by atoms with van der Waals surface area (Å²) in [6, 6.07) is 7.42. The van der Waals surface area contributed by atoms with E-state index in [0.29, 0.717) is 12.3 Å². The van der Waals surface area contributed by atoms with E-state index in [0.717, 1.165) is 16.5 Å². The van der Waals surface area contributed by atoms with Crippen molar-refractivity contribution in [2.24, 2.45) is 17.8 Å². The van der Waals surface area contributed by atoms with Gasteiger partial charge in [-0.2, -0.15) is 0 Å². The van der Waals surface area contributed by atoms with Crippen molar-refractivity contribution >= 4 is 21.9 Å². The zero-order valence-electron chi connectivity index (χ0n) is 10.2. The number of aliphatic hydroxyl groups excluding tert-OH is 1. The summed E-state index contributed by atoms with van der Waals surface area (Å²) in [5, 5.41) is 19.6. The zero-order valence-corrected chi connectivity index (χ0v) is 11.8. The van der Waals surface area contributed by atoms with E-state index in [9.17, 15) is 15.0 Å².